The van der Waals surface area contributed by atoms with E-state index in [1.807, 2.05) is 0 Å². The number of rotatable bonds is 0. The van der Waals surface area contributed by atoms with E-state index in [-0.39, 0.29) is 27.3 Å². The Morgan fingerprint density at radius 2 is 0.926 bits per heavy atom. The van der Waals surface area contributed by atoms with Crippen LogP contribution in [0.2, 0.25) is 0 Å². The van der Waals surface area contributed by atoms with Crippen molar-refractivity contribution in [3.8, 4) is 0 Å². The van der Waals surface area contributed by atoms with Crippen LogP contribution < -0.4 is 0 Å². The van der Waals surface area contributed by atoms with Crippen LogP contribution in [0.5, 0.6) is 0 Å². The first-order chi connectivity index (χ1) is 12.7. The summed E-state index contributed by atoms with van der Waals surface area (Å²) >= 11 is 0. The van der Waals surface area contributed by atoms with Gasteiger partial charge in [-0.25, -0.2) is 0 Å². The molecule has 0 bridgehead atoms. The third kappa shape index (κ3) is 34.9. The Hall–Kier alpha value is -3.31. The van der Waals surface area contributed by atoms with E-state index in [0.717, 1.165) is 6.92 Å². The molecule has 4 heterocycles. The van der Waals surface area contributed by atoms with E-state index in [1.54, 1.807) is 0 Å². The quantitative estimate of drug-likeness (QED) is 0.124. The molecule has 4 aromatic heterocycles. The second kappa shape index (κ2) is 27.5. The van der Waals surface area contributed by atoms with Crippen molar-refractivity contribution in [2.45, 2.75) is 6.92 Å². The summed E-state index contributed by atoms with van der Waals surface area (Å²) in [5.74, 6) is -0.833. The maximum absolute atomic E-state index is 9.00. The third-order valence-electron chi connectivity index (χ3n) is 1.18. The number of nitrogens with zero attached hydrogens (tertiary/aromatic N) is 8. The van der Waals surface area contributed by atoms with Crippen LogP contribution in [0.1, 0.15) is 6.92 Å². The van der Waals surface area contributed by atoms with E-state index in [0.29, 0.717) is 0 Å². The summed E-state index contributed by atoms with van der Waals surface area (Å²) in [6, 6.07) is 0. The molecule has 27 heavy (non-hydrogen) atoms. The minimum Gasteiger partial charge on any atom is -0.481 e. The van der Waals surface area contributed by atoms with Gasteiger partial charge >= 0.3 is 0 Å². The van der Waals surface area contributed by atoms with Gasteiger partial charge in [0.2, 0.25) is 0 Å². The first-order valence-corrected chi connectivity index (χ1v) is 6.33. The maximum atomic E-state index is 9.00. The number of aromatic amines is 4. The average Bonchev–Trinajstić information content (AvgIpc) is 3.51. The normalized spacial score (nSPS) is 7.00. The Balaban J connectivity index is -0.000000259. The summed E-state index contributed by atoms with van der Waals surface area (Å²) < 4.78 is 0. The van der Waals surface area contributed by atoms with E-state index in [2.05, 4.69) is 99.6 Å². The van der Waals surface area contributed by atoms with Crippen molar-refractivity contribution in [1.29, 1.82) is 0 Å². The zero-order chi connectivity index (χ0) is 19.7. The molecule has 0 radical (unpaired) electrons. The smallest absolute Gasteiger partial charge is 0.300 e. The number of carbonyl (C=O) groups is 1. The molecule has 0 aliphatic heterocycles. The maximum Gasteiger partial charge on any atom is 0.300 e. The van der Waals surface area contributed by atoms with Gasteiger partial charge in [0.05, 0.1) is 0 Å². The number of carboxylic acid groups (broad SMARTS) is 1. The van der Waals surface area contributed by atoms with Gasteiger partial charge < -0.3 is 70.7 Å². The number of hydrogen-bond donors (Lipinski definition) is 5. The van der Waals surface area contributed by atoms with Crippen LogP contribution in [0.4, 0.5) is 0 Å². The van der Waals surface area contributed by atoms with Crippen molar-refractivity contribution in [3.05, 3.63) is 62.7 Å². The Labute approximate surface area is 174 Å². The molecule has 142 valence electrons. The molecular formula is C12H16CdN12O2-4. The summed E-state index contributed by atoms with van der Waals surface area (Å²) in [6.45, 7) is 7.08. The first kappa shape index (κ1) is 28.5. The summed E-state index contributed by atoms with van der Waals surface area (Å²) in [6.07, 6.45) is 15.9. The minimum absolute atomic E-state index is 0. The standard InChI is InChI=1S/4C2H2N3.C2H4O2.C2H4.Cd/c4*1-2-4-5-3-1;1-2(3)4;1-2;/h4*1H,(H,3,4,5);1H3,(H,3,4);1-2H2;/q4*-1;;;. The van der Waals surface area contributed by atoms with E-state index >= 15 is 0 Å². The largest absolute Gasteiger partial charge is 0.481 e. The third-order valence-corrected chi connectivity index (χ3v) is 1.18. The number of H-pyrrole nitrogens is 4. The first-order valence-electron chi connectivity index (χ1n) is 6.33. The van der Waals surface area contributed by atoms with Crippen LogP contribution in [-0.2, 0) is 32.1 Å². The molecule has 4 rings (SSSR count). The molecule has 15 heteroatoms. The van der Waals surface area contributed by atoms with Gasteiger partial charge in [0.1, 0.15) is 0 Å². The van der Waals surface area contributed by atoms with Gasteiger partial charge in [-0.15, -0.1) is 58.8 Å². The molecule has 0 aromatic carbocycles. The topological polar surface area (TPSA) is 204 Å². The molecule has 0 aliphatic rings. The van der Waals surface area contributed by atoms with Gasteiger partial charge in [0.15, 0.2) is 0 Å². The number of aromatic nitrogens is 12. The predicted octanol–water partition coefficient (Wildman–Crippen LogP) is -0.690. The Kier molecular flexibility index (Phi) is 29.1. The SMILES string of the molecule is C=C.CC(=O)O.[Cd].[c-]1c[nH]nn1.[c-]1c[nH]nn1.[c-]1c[nH]nn1.[c-]1c[nH]nn1. The van der Waals surface area contributed by atoms with Crippen molar-refractivity contribution in [3.63, 3.8) is 0 Å². The van der Waals surface area contributed by atoms with Crippen molar-refractivity contribution in [1.82, 2.24) is 61.6 Å². The van der Waals surface area contributed by atoms with Crippen LogP contribution in [0.3, 0.4) is 0 Å². The molecule has 0 saturated heterocycles. The molecule has 0 aliphatic carbocycles. The summed E-state index contributed by atoms with van der Waals surface area (Å²) in [7, 11) is 0. The van der Waals surface area contributed by atoms with Gasteiger partial charge in [0.25, 0.3) is 5.97 Å². The summed E-state index contributed by atoms with van der Waals surface area (Å²) in [5.41, 5.74) is 0. The molecular weight excluding hydrogens is 457 g/mol. The minimum atomic E-state index is -0.833. The molecule has 0 atom stereocenters. The zero-order valence-electron chi connectivity index (χ0n) is 14.4. The molecule has 14 nitrogen and oxygen atoms in total. The number of aliphatic carboxylic acids is 1. The fourth-order valence-corrected chi connectivity index (χ4v) is 0.577. The summed E-state index contributed by atoms with van der Waals surface area (Å²) in [5, 5.41) is 43.5. The van der Waals surface area contributed by atoms with E-state index < -0.39 is 5.97 Å². The zero-order valence-corrected chi connectivity index (χ0v) is 18.4. The second-order valence-electron chi connectivity index (χ2n) is 2.93. The molecule has 4 aromatic rings. The Morgan fingerprint density at radius 1 is 0.741 bits per heavy atom. The predicted molar refractivity (Wildman–Crippen MR) is 85.4 cm³/mol. The van der Waals surface area contributed by atoms with E-state index in [4.69, 9.17) is 9.90 Å². The van der Waals surface area contributed by atoms with Gasteiger partial charge in [0, 0.05) is 34.2 Å². The van der Waals surface area contributed by atoms with Crippen molar-refractivity contribution in [2.75, 3.05) is 0 Å². The number of carboxylic acids is 1. The Bertz CT molecular complexity index is 465. The average molecular weight is 473 g/mol. The molecule has 0 spiro atoms. The monoisotopic (exact) mass is 474 g/mol. The van der Waals surface area contributed by atoms with Gasteiger partial charge in [-0.1, -0.05) is 0 Å². The molecule has 0 amide bonds. The molecule has 0 fully saturated rings. The summed E-state index contributed by atoms with van der Waals surface area (Å²) in [4.78, 5) is 9.00. The Morgan fingerprint density at radius 3 is 0.963 bits per heavy atom. The van der Waals surface area contributed by atoms with Gasteiger partial charge in [-0.05, 0) is 0 Å². The molecule has 0 unspecified atom stereocenters. The van der Waals surface area contributed by atoms with Crippen LogP contribution in [-0.4, -0.2) is 72.7 Å². The van der Waals surface area contributed by atoms with E-state index in [9.17, 15) is 0 Å². The van der Waals surface area contributed by atoms with Crippen LogP contribution in [0, 0.1) is 24.8 Å². The van der Waals surface area contributed by atoms with Crippen molar-refractivity contribution < 1.29 is 37.2 Å². The van der Waals surface area contributed by atoms with Gasteiger partial charge in [-0.2, -0.15) is 0 Å². The second-order valence-corrected chi connectivity index (χ2v) is 2.93. The van der Waals surface area contributed by atoms with Gasteiger partial charge in [-0.3, -0.25) is 4.79 Å². The van der Waals surface area contributed by atoms with Crippen LogP contribution in [0.25, 0.3) is 0 Å². The van der Waals surface area contributed by atoms with Crippen molar-refractivity contribution in [2.24, 2.45) is 0 Å². The van der Waals surface area contributed by atoms with Crippen LogP contribution in [0.15, 0.2) is 37.9 Å². The van der Waals surface area contributed by atoms with Crippen LogP contribution >= 0.6 is 0 Å². The fraction of sp³-hybridized carbons (Fsp3) is 0.0833. The van der Waals surface area contributed by atoms with Crippen molar-refractivity contribution >= 4 is 5.97 Å². The molecule has 0 saturated carbocycles. The number of hydrogen-bond acceptors (Lipinski definition) is 9. The fourth-order valence-electron chi connectivity index (χ4n) is 0.577. The molecule has 5 N–H and O–H groups in total. The number of nitrogens with one attached hydrogen (secondary N) is 4. The van der Waals surface area contributed by atoms with E-state index in [1.165, 1.54) is 24.8 Å².